The Morgan fingerprint density at radius 1 is 1.50 bits per heavy atom. The fraction of sp³-hybridized carbons (Fsp3) is 0.533. The van der Waals surface area contributed by atoms with Gasteiger partial charge in [-0.2, -0.15) is 0 Å². The number of likely N-dealkylation sites (tertiary alicyclic amines) is 1. The molecule has 1 aromatic rings. The van der Waals surface area contributed by atoms with Crippen LogP contribution in [-0.2, 0) is 4.74 Å². The second-order valence-corrected chi connectivity index (χ2v) is 5.40. The number of nitrogens with two attached hydrogens (primary N) is 1. The monoisotopic (exact) mass is 277 g/mol. The summed E-state index contributed by atoms with van der Waals surface area (Å²) in [6.07, 6.45) is 2.27. The first-order valence-corrected chi connectivity index (χ1v) is 6.92. The standard InChI is InChI=1S/C15H23N3O2/c1-17-9-5-6-11(10-17)18(2)14-12(15(19)20-3)7-4-8-13(14)16/h4,7-8,11H,5-6,9-10,16H2,1-3H3. The number of hydrogen-bond donors (Lipinski definition) is 1. The van der Waals surface area contributed by atoms with Crippen LogP contribution >= 0.6 is 0 Å². The maximum absolute atomic E-state index is 11.9. The molecule has 2 rings (SSSR count). The van der Waals surface area contributed by atoms with E-state index >= 15 is 0 Å². The van der Waals surface area contributed by atoms with Gasteiger partial charge in [-0.05, 0) is 38.6 Å². The molecule has 0 aliphatic carbocycles. The van der Waals surface area contributed by atoms with Crippen molar-refractivity contribution in [2.45, 2.75) is 18.9 Å². The van der Waals surface area contributed by atoms with Gasteiger partial charge in [-0.3, -0.25) is 0 Å². The normalized spacial score (nSPS) is 19.6. The molecule has 1 saturated heterocycles. The van der Waals surface area contributed by atoms with Crippen LogP contribution in [0.25, 0.3) is 0 Å². The third-order valence-electron chi connectivity index (χ3n) is 3.97. The molecule has 1 aliphatic heterocycles. The molecule has 1 atom stereocenters. The average molecular weight is 277 g/mol. The molecule has 110 valence electrons. The van der Waals surface area contributed by atoms with Gasteiger partial charge in [-0.1, -0.05) is 6.07 Å². The molecule has 5 nitrogen and oxygen atoms in total. The number of carbonyl (C=O) groups excluding carboxylic acids is 1. The third kappa shape index (κ3) is 2.88. The van der Waals surface area contributed by atoms with Crippen molar-refractivity contribution in [1.82, 2.24) is 4.90 Å². The minimum absolute atomic E-state index is 0.344. The number of esters is 1. The van der Waals surface area contributed by atoms with Gasteiger partial charge >= 0.3 is 5.97 Å². The number of anilines is 2. The minimum atomic E-state index is -0.344. The predicted molar refractivity (Wildman–Crippen MR) is 81.1 cm³/mol. The lowest BCUT2D eigenvalue weighted by atomic mass is 10.0. The molecule has 1 aliphatic rings. The topological polar surface area (TPSA) is 58.8 Å². The number of carbonyl (C=O) groups is 1. The maximum atomic E-state index is 11.9. The van der Waals surface area contributed by atoms with E-state index in [4.69, 9.17) is 10.5 Å². The van der Waals surface area contributed by atoms with Gasteiger partial charge in [0.2, 0.25) is 0 Å². The second kappa shape index (κ2) is 6.13. The second-order valence-electron chi connectivity index (χ2n) is 5.40. The van der Waals surface area contributed by atoms with Crippen molar-refractivity contribution in [3.05, 3.63) is 23.8 Å². The van der Waals surface area contributed by atoms with E-state index in [-0.39, 0.29) is 5.97 Å². The van der Waals surface area contributed by atoms with E-state index in [1.54, 1.807) is 12.1 Å². The zero-order valence-corrected chi connectivity index (χ0v) is 12.4. The van der Waals surface area contributed by atoms with Crippen LogP contribution in [0.1, 0.15) is 23.2 Å². The van der Waals surface area contributed by atoms with Crippen LogP contribution < -0.4 is 10.6 Å². The fourth-order valence-corrected chi connectivity index (χ4v) is 2.87. The first kappa shape index (κ1) is 14.7. The number of benzene rings is 1. The summed E-state index contributed by atoms with van der Waals surface area (Å²) in [6, 6.07) is 5.74. The maximum Gasteiger partial charge on any atom is 0.340 e. The summed E-state index contributed by atoms with van der Waals surface area (Å²) in [4.78, 5) is 16.4. The van der Waals surface area contributed by atoms with E-state index in [2.05, 4.69) is 16.8 Å². The van der Waals surface area contributed by atoms with Gasteiger partial charge in [-0.25, -0.2) is 4.79 Å². The fourth-order valence-electron chi connectivity index (χ4n) is 2.87. The number of rotatable bonds is 3. The molecule has 0 amide bonds. The van der Waals surface area contributed by atoms with Crippen molar-refractivity contribution in [2.75, 3.05) is 44.9 Å². The Bertz CT molecular complexity index is 490. The highest BCUT2D eigenvalue weighted by molar-refractivity contribution is 5.99. The van der Waals surface area contributed by atoms with E-state index in [0.29, 0.717) is 17.3 Å². The third-order valence-corrected chi connectivity index (χ3v) is 3.97. The van der Waals surface area contributed by atoms with E-state index in [1.807, 2.05) is 13.1 Å². The van der Waals surface area contributed by atoms with Crippen LogP contribution in [0, 0.1) is 0 Å². The SMILES string of the molecule is COC(=O)c1cccc(N)c1N(C)C1CCCN(C)C1. The van der Waals surface area contributed by atoms with Crippen molar-refractivity contribution in [2.24, 2.45) is 0 Å². The minimum Gasteiger partial charge on any atom is -0.465 e. The Labute approximate surface area is 120 Å². The van der Waals surface area contributed by atoms with Gasteiger partial charge in [0.05, 0.1) is 24.0 Å². The molecule has 1 unspecified atom stereocenters. The lowest BCUT2D eigenvalue weighted by molar-refractivity contribution is 0.0601. The van der Waals surface area contributed by atoms with Crippen LogP contribution in [0.3, 0.4) is 0 Å². The summed E-state index contributed by atoms with van der Waals surface area (Å²) in [5.41, 5.74) is 8.02. The predicted octanol–water partition coefficient (Wildman–Crippen LogP) is 1.59. The van der Waals surface area contributed by atoms with Crippen molar-refractivity contribution in [1.29, 1.82) is 0 Å². The van der Waals surface area contributed by atoms with Gasteiger partial charge in [0.1, 0.15) is 0 Å². The highest BCUT2D eigenvalue weighted by atomic mass is 16.5. The number of hydrogen-bond acceptors (Lipinski definition) is 5. The smallest absolute Gasteiger partial charge is 0.340 e. The molecule has 0 bridgehead atoms. The lowest BCUT2D eigenvalue weighted by Crippen LogP contribution is -2.45. The van der Waals surface area contributed by atoms with Crippen LogP contribution in [0.2, 0.25) is 0 Å². The number of para-hydroxylation sites is 1. The van der Waals surface area contributed by atoms with Crippen molar-refractivity contribution in [3.8, 4) is 0 Å². The summed E-state index contributed by atoms with van der Waals surface area (Å²) < 4.78 is 4.86. The molecule has 5 heteroatoms. The Kier molecular flexibility index (Phi) is 4.49. The highest BCUT2D eigenvalue weighted by Gasteiger charge is 2.26. The van der Waals surface area contributed by atoms with Crippen LogP contribution in [-0.4, -0.2) is 51.2 Å². The first-order chi connectivity index (χ1) is 9.54. The summed E-state index contributed by atoms with van der Waals surface area (Å²) >= 11 is 0. The molecule has 0 aromatic heterocycles. The Morgan fingerprint density at radius 3 is 2.90 bits per heavy atom. The van der Waals surface area contributed by atoms with Crippen molar-refractivity contribution >= 4 is 17.3 Å². The molecule has 0 spiro atoms. The molecule has 1 heterocycles. The Hall–Kier alpha value is -1.75. The highest BCUT2D eigenvalue weighted by Crippen LogP contribution is 2.31. The number of nitrogens with zero attached hydrogens (tertiary/aromatic N) is 2. The van der Waals surface area contributed by atoms with Crippen LogP contribution in [0.4, 0.5) is 11.4 Å². The van der Waals surface area contributed by atoms with Gasteiger partial charge in [-0.15, -0.1) is 0 Å². The summed E-state index contributed by atoms with van der Waals surface area (Å²) in [7, 11) is 5.52. The van der Waals surface area contributed by atoms with Gasteiger partial charge in [0, 0.05) is 19.6 Å². The largest absolute Gasteiger partial charge is 0.465 e. The van der Waals surface area contributed by atoms with Gasteiger partial charge < -0.3 is 20.3 Å². The van der Waals surface area contributed by atoms with Crippen molar-refractivity contribution in [3.63, 3.8) is 0 Å². The van der Waals surface area contributed by atoms with Crippen LogP contribution in [0.15, 0.2) is 18.2 Å². The van der Waals surface area contributed by atoms with E-state index in [0.717, 1.165) is 31.6 Å². The molecular weight excluding hydrogens is 254 g/mol. The van der Waals surface area contributed by atoms with Gasteiger partial charge in [0.25, 0.3) is 0 Å². The molecule has 1 aromatic carbocycles. The first-order valence-electron chi connectivity index (χ1n) is 6.92. The van der Waals surface area contributed by atoms with Crippen molar-refractivity contribution < 1.29 is 9.53 Å². The number of likely N-dealkylation sites (N-methyl/N-ethyl adjacent to an activating group) is 2. The van der Waals surface area contributed by atoms with Crippen LogP contribution in [0.5, 0.6) is 0 Å². The molecule has 0 radical (unpaired) electrons. The molecule has 20 heavy (non-hydrogen) atoms. The lowest BCUT2D eigenvalue weighted by Gasteiger charge is -2.38. The summed E-state index contributed by atoms with van der Waals surface area (Å²) in [5.74, 6) is -0.344. The Morgan fingerprint density at radius 2 is 2.25 bits per heavy atom. The Balaban J connectivity index is 2.33. The summed E-state index contributed by atoms with van der Waals surface area (Å²) in [5, 5.41) is 0. The number of methoxy groups -OCH3 is 1. The summed E-state index contributed by atoms with van der Waals surface area (Å²) in [6.45, 7) is 2.10. The quantitative estimate of drug-likeness (QED) is 0.671. The molecular formula is C15H23N3O2. The zero-order valence-electron chi connectivity index (χ0n) is 12.4. The zero-order chi connectivity index (χ0) is 14.7. The number of ether oxygens (including phenoxy) is 1. The molecule has 0 saturated carbocycles. The molecule has 2 N–H and O–H groups in total. The van der Waals surface area contributed by atoms with Gasteiger partial charge in [0.15, 0.2) is 0 Å². The average Bonchev–Trinajstić information content (AvgIpc) is 2.45. The van der Waals surface area contributed by atoms with E-state index in [1.165, 1.54) is 7.11 Å². The number of nitrogen functional groups attached to an aromatic ring is 1. The number of piperidine rings is 1. The van der Waals surface area contributed by atoms with E-state index < -0.39 is 0 Å². The molecule has 1 fully saturated rings. The van der Waals surface area contributed by atoms with E-state index in [9.17, 15) is 4.79 Å².